The molecule has 1 aromatic heterocycles. The van der Waals surface area contributed by atoms with Crippen LogP contribution in [0.2, 0.25) is 0 Å². The van der Waals surface area contributed by atoms with Crippen LogP contribution in [0.3, 0.4) is 0 Å². The number of aromatic nitrogens is 2. The molecule has 0 aliphatic carbocycles. The zero-order valence-electron chi connectivity index (χ0n) is 12.5. The summed E-state index contributed by atoms with van der Waals surface area (Å²) >= 11 is 0. The van der Waals surface area contributed by atoms with Crippen LogP contribution in [0, 0.1) is 0 Å². The van der Waals surface area contributed by atoms with Crippen LogP contribution in [-0.4, -0.2) is 22.0 Å². The van der Waals surface area contributed by atoms with Crippen molar-refractivity contribution in [2.75, 3.05) is 12.3 Å². The molecule has 5 heteroatoms. The molecule has 0 unspecified atom stereocenters. The second-order valence-electron chi connectivity index (χ2n) is 5.66. The number of nitrogens with two attached hydrogens (primary N) is 1. The number of anilines is 1. The predicted octanol–water partition coefficient (Wildman–Crippen LogP) is 1.95. The first-order valence-electron chi connectivity index (χ1n) is 7.10. The highest BCUT2D eigenvalue weighted by Crippen LogP contribution is 2.24. The number of hydrogen-bond donors (Lipinski definition) is 2. The Hall–Kier alpha value is -2.30. The molecular formula is C16H22N4O. The zero-order chi connectivity index (χ0) is 15.3. The fourth-order valence-electron chi connectivity index (χ4n) is 2.13. The van der Waals surface area contributed by atoms with Gasteiger partial charge in [0.15, 0.2) is 0 Å². The molecule has 112 valence electrons. The summed E-state index contributed by atoms with van der Waals surface area (Å²) in [5.74, 6) is 0.0258. The largest absolute Gasteiger partial charge is 0.399 e. The van der Waals surface area contributed by atoms with E-state index in [0.717, 1.165) is 18.5 Å². The molecule has 2 rings (SSSR count). The summed E-state index contributed by atoms with van der Waals surface area (Å²) in [6, 6.07) is 7.45. The van der Waals surface area contributed by atoms with Gasteiger partial charge in [0.2, 0.25) is 5.91 Å². The van der Waals surface area contributed by atoms with Gasteiger partial charge in [-0.15, -0.1) is 0 Å². The third-order valence-corrected chi connectivity index (χ3v) is 3.64. The summed E-state index contributed by atoms with van der Waals surface area (Å²) in [7, 11) is 0. The van der Waals surface area contributed by atoms with Crippen LogP contribution in [0.4, 0.5) is 5.69 Å². The first-order valence-corrected chi connectivity index (χ1v) is 7.10. The average Bonchev–Trinajstić information content (AvgIpc) is 2.97. The van der Waals surface area contributed by atoms with Gasteiger partial charge in [0.1, 0.15) is 0 Å². The molecular weight excluding hydrogens is 264 g/mol. The Balaban J connectivity index is 1.85. The highest BCUT2D eigenvalue weighted by molar-refractivity contribution is 5.87. The topological polar surface area (TPSA) is 72.9 Å². The summed E-state index contributed by atoms with van der Waals surface area (Å²) in [6.45, 7) is 5.34. The molecule has 0 fully saturated rings. The number of amides is 1. The first kappa shape index (κ1) is 15.1. The van der Waals surface area contributed by atoms with Gasteiger partial charge in [-0.25, -0.2) is 4.98 Å². The monoisotopic (exact) mass is 286 g/mol. The number of imidazole rings is 1. The second-order valence-corrected chi connectivity index (χ2v) is 5.66. The van der Waals surface area contributed by atoms with E-state index in [1.165, 1.54) is 0 Å². The van der Waals surface area contributed by atoms with Crippen molar-refractivity contribution >= 4 is 11.6 Å². The zero-order valence-corrected chi connectivity index (χ0v) is 12.5. The van der Waals surface area contributed by atoms with Crippen molar-refractivity contribution in [1.29, 1.82) is 0 Å². The van der Waals surface area contributed by atoms with Crippen molar-refractivity contribution in [2.24, 2.45) is 0 Å². The molecule has 0 bridgehead atoms. The lowest BCUT2D eigenvalue weighted by atomic mass is 9.83. The van der Waals surface area contributed by atoms with E-state index in [-0.39, 0.29) is 5.91 Å². The maximum Gasteiger partial charge on any atom is 0.230 e. The van der Waals surface area contributed by atoms with Gasteiger partial charge >= 0.3 is 0 Å². The molecule has 0 aliphatic heterocycles. The highest BCUT2D eigenvalue weighted by Gasteiger charge is 2.29. The van der Waals surface area contributed by atoms with Gasteiger partial charge < -0.3 is 15.6 Å². The minimum atomic E-state index is -0.567. The summed E-state index contributed by atoms with van der Waals surface area (Å²) in [5.41, 5.74) is 6.78. The lowest BCUT2D eigenvalue weighted by Crippen LogP contribution is -2.40. The molecule has 0 saturated heterocycles. The molecule has 0 radical (unpaired) electrons. The maximum atomic E-state index is 12.3. The highest BCUT2D eigenvalue weighted by atomic mass is 16.2. The number of aryl methyl sites for hydroxylation is 1. The third kappa shape index (κ3) is 3.84. The van der Waals surface area contributed by atoms with Gasteiger partial charge in [-0.2, -0.15) is 0 Å². The second kappa shape index (κ2) is 6.43. The summed E-state index contributed by atoms with van der Waals surface area (Å²) in [4.78, 5) is 16.3. The smallest absolute Gasteiger partial charge is 0.230 e. The molecule has 5 nitrogen and oxygen atoms in total. The van der Waals surface area contributed by atoms with Gasteiger partial charge in [0, 0.05) is 31.2 Å². The molecule has 0 atom stereocenters. The number of rotatable bonds is 6. The minimum absolute atomic E-state index is 0.0258. The van der Waals surface area contributed by atoms with E-state index in [1.807, 2.05) is 48.9 Å². The molecule has 0 aliphatic rings. The van der Waals surface area contributed by atoms with Crippen LogP contribution in [0.5, 0.6) is 0 Å². The molecule has 0 spiro atoms. The number of nitrogens with zero attached hydrogens (tertiary/aromatic N) is 2. The predicted molar refractivity (Wildman–Crippen MR) is 83.7 cm³/mol. The van der Waals surface area contributed by atoms with E-state index >= 15 is 0 Å². The molecule has 3 N–H and O–H groups in total. The van der Waals surface area contributed by atoms with Crippen LogP contribution >= 0.6 is 0 Å². The third-order valence-electron chi connectivity index (χ3n) is 3.64. The SMILES string of the molecule is CC(C)(C(=O)NCCCn1ccnc1)c1ccc(N)cc1. The van der Waals surface area contributed by atoms with E-state index in [4.69, 9.17) is 5.73 Å². The van der Waals surface area contributed by atoms with Crippen molar-refractivity contribution in [3.8, 4) is 0 Å². The van der Waals surface area contributed by atoms with Gasteiger partial charge in [0.05, 0.1) is 11.7 Å². The van der Waals surface area contributed by atoms with Crippen molar-refractivity contribution in [2.45, 2.75) is 32.2 Å². The molecule has 1 aromatic carbocycles. The van der Waals surface area contributed by atoms with E-state index in [2.05, 4.69) is 10.3 Å². The molecule has 0 saturated carbocycles. The number of hydrogen-bond acceptors (Lipinski definition) is 3. The fourth-order valence-corrected chi connectivity index (χ4v) is 2.13. The lowest BCUT2D eigenvalue weighted by Gasteiger charge is -2.24. The van der Waals surface area contributed by atoms with E-state index in [1.54, 1.807) is 12.5 Å². The van der Waals surface area contributed by atoms with E-state index in [0.29, 0.717) is 12.2 Å². The van der Waals surface area contributed by atoms with Crippen LogP contribution < -0.4 is 11.1 Å². The van der Waals surface area contributed by atoms with Crippen LogP contribution in [0.1, 0.15) is 25.8 Å². The minimum Gasteiger partial charge on any atom is -0.399 e. The summed E-state index contributed by atoms with van der Waals surface area (Å²) < 4.78 is 2.00. The molecule has 2 aromatic rings. The van der Waals surface area contributed by atoms with Gasteiger partial charge in [-0.1, -0.05) is 12.1 Å². The Morgan fingerprint density at radius 3 is 2.67 bits per heavy atom. The first-order chi connectivity index (χ1) is 10.00. The van der Waals surface area contributed by atoms with Gasteiger partial charge in [-0.05, 0) is 38.0 Å². The van der Waals surface area contributed by atoms with Crippen molar-refractivity contribution in [3.05, 3.63) is 48.5 Å². The van der Waals surface area contributed by atoms with Crippen LogP contribution in [0.15, 0.2) is 43.0 Å². The molecule has 1 amide bonds. The van der Waals surface area contributed by atoms with E-state index in [9.17, 15) is 4.79 Å². The number of nitrogens with one attached hydrogen (secondary N) is 1. The Labute approximate surface area is 125 Å². The average molecular weight is 286 g/mol. The number of nitrogen functional groups attached to an aromatic ring is 1. The van der Waals surface area contributed by atoms with E-state index < -0.39 is 5.41 Å². The van der Waals surface area contributed by atoms with Gasteiger partial charge in [0.25, 0.3) is 0 Å². The Morgan fingerprint density at radius 2 is 2.05 bits per heavy atom. The summed E-state index contributed by atoms with van der Waals surface area (Å²) in [5, 5.41) is 2.99. The molecule has 1 heterocycles. The quantitative estimate of drug-likeness (QED) is 0.629. The normalized spacial score (nSPS) is 11.3. The van der Waals surface area contributed by atoms with Gasteiger partial charge in [-0.3, -0.25) is 4.79 Å². The Bertz CT molecular complexity index is 573. The van der Waals surface area contributed by atoms with Crippen molar-refractivity contribution in [1.82, 2.24) is 14.9 Å². The van der Waals surface area contributed by atoms with Crippen LogP contribution in [-0.2, 0) is 16.8 Å². The van der Waals surface area contributed by atoms with Crippen molar-refractivity contribution in [3.63, 3.8) is 0 Å². The number of carbonyl (C=O) groups is 1. The lowest BCUT2D eigenvalue weighted by molar-refractivity contribution is -0.125. The standard InChI is InChI=1S/C16H22N4O/c1-16(2,13-4-6-14(17)7-5-13)15(21)19-8-3-10-20-11-9-18-12-20/h4-7,9,11-12H,3,8,10,17H2,1-2H3,(H,19,21). The summed E-state index contributed by atoms with van der Waals surface area (Å²) in [6.07, 6.45) is 6.32. The van der Waals surface area contributed by atoms with Crippen LogP contribution in [0.25, 0.3) is 0 Å². The Kier molecular flexibility index (Phi) is 4.62. The van der Waals surface area contributed by atoms with Crippen molar-refractivity contribution < 1.29 is 4.79 Å². The maximum absolute atomic E-state index is 12.3. The number of benzene rings is 1. The number of carbonyl (C=O) groups excluding carboxylic acids is 1. The Morgan fingerprint density at radius 1 is 1.33 bits per heavy atom. The fraction of sp³-hybridized carbons (Fsp3) is 0.375. The molecule has 21 heavy (non-hydrogen) atoms.